The highest BCUT2D eigenvalue weighted by Gasteiger charge is 2.67. The quantitative estimate of drug-likeness (QED) is 0.712. The molecule has 3 aliphatic rings. The molecule has 0 aromatic carbocycles. The van der Waals surface area contributed by atoms with Gasteiger partial charge in [0.25, 0.3) is 0 Å². The molecule has 5 rings (SSSR count). The van der Waals surface area contributed by atoms with E-state index in [1.54, 1.807) is 23.0 Å². The second kappa shape index (κ2) is 6.85. The standard InChI is InChI=1S/C20H22F5N5O/c21-19(22)3-1-12(2-4-19)26-9-13-10-30-16(28-13)5-11(8-27-30)14-6-18(14)7-15(20(23,24)25)29-17(18)31/h5,8,10,12,14-15,26H,1-4,6-7,9H2,(H,29,31)/t14-,15-,18?/m0/s1. The number of halogens is 5. The van der Waals surface area contributed by atoms with Gasteiger partial charge in [0.2, 0.25) is 11.8 Å². The van der Waals surface area contributed by atoms with Gasteiger partial charge in [0.1, 0.15) is 6.04 Å². The Hall–Kier alpha value is -2.30. The van der Waals surface area contributed by atoms with Crippen LogP contribution in [0.3, 0.4) is 0 Å². The van der Waals surface area contributed by atoms with E-state index in [1.807, 2.05) is 0 Å². The minimum Gasteiger partial charge on any atom is -0.344 e. The van der Waals surface area contributed by atoms with Crippen molar-refractivity contribution in [1.29, 1.82) is 0 Å². The Morgan fingerprint density at radius 1 is 1.23 bits per heavy atom. The molecule has 2 saturated carbocycles. The molecule has 1 unspecified atom stereocenters. The third-order valence-electron chi connectivity index (χ3n) is 6.88. The van der Waals surface area contributed by atoms with E-state index in [9.17, 15) is 26.7 Å². The number of nitrogens with zero attached hydrogens (tertiary/aromatic N) is 3. The molecule has 6 nitrogen and oxygen atoms in total. The molecule has 2 aromatic heterocycles. The van der Waals surface area contributed by atoms with Gasteiger partial charge in [-0.2, -0.15) is 18.3 Å². The Morgan fingerprint density at radius 2 is 1.97 bits per heavy atom. The molecule has 2 aromatic rings. The molecule has 1 spiro atoms. The maximum absolute atomic E-state index is 13.3. The van der Waals surface area contributed by atoms with Crippen LogP contribution in [0, 0.1) is 5.41 Å². The normalized spacial score (nSPS) is 30.8. The number of hydrogen-bond donors (Lipinski definition) is 2. The van der Waals surface area contributed by atoms with E-state index in [0.717, 1.165) is 0 Å². The van der Waals surface area contributed by atoms with Crippen LogP contribution in [-0.2, 0) is 11.3 Å². The van der Waals surface area contributed by atoms with Crippen molar-refractivity contribution in [2.45, 2.75) is 75.2 Å². The maximum Gasteiger partial charge on any atom is 0.408 e. The lowest BCUT2D eigenvalue weighted by Crippen LogP contribution is -2.38. The second-order valence-corrected chi connectivity index (χ2v) is 9.02. The van der Waals surface area contributed by atoms with Crippen LogP contribution in [0.1, 0.15) is 55.7 Å². The Bertz CT molecular complexity index is 1010. The van der Waals surface area contributed by atoms with Gasteiger partial charge in [-0.25, -0.2) is 18.3 Å². The number of carbonyl (C=O) groups excluding carboxylic acids is 1. The highest BCUT2D eigenvalue weighted by atomic mass is 19.4. The Morgan fingerprint density at radius 3 is 2.65 bits per heavy atom. The number of aromatic nitrogens is 3. The second-order valence-electron chi connectivity index (χ2n) is 9.02. The number of alkyl halides is 5. The van der Waals surface area contributed by atoms with Gasteiger partial charge in [-0.05, 0) is 37.3 Å². The number of carbonyl (C=O) groups is 1. The van der Waals surface area contributed by atoms with Crippen LogP contribution in [-0.4, -0.2) is 44.7 Å². The zero-order chi connectivity index (χ0) is 22.0. The molecule has 31 heavy (non-hydrogen) atoms. The topological polar surface area (TPSA) is 71.3 Å². The minimum atomic E-state index is -4.45. The zero-order valence-electron chi connectivity index (χ0n) is 16.6. The highest BCUT2D eigenvalue weighted by molar-refractivity contribution is 5.90. The molecule has 1 saturated heterocycles. The number of hydrogen-bond acceptors (Lipinski definition) is 4. The fraction of sp³-hybridized carbons (Fsp3) is 0.650. The van der Waals surface area contributed by atoms with E-state index in [-0.39, 0.29) is 31.2 Å². The molecule has 2 aliphatic carbocycles. The van der Waals surface area contributed by atoms with Crippen molar-refractivity contribution in [2.75, 3.05) is 0 Å². The summed E-state index contributed by atoms with van der Waals surface area (Å²) in [7, 11) is 0. The van der Waals surface area contributed by atoms with Crippen molar-refractivity contribution in [3.05, 3.63) is 29.7 Å². The average Bonchev–Trinajstić information content (AvgIpc) is 3.11. The first-order valence-electron chi connectivity index (χ1n) is 10.4. The molecule has 2 N–H and O–H groups in total. The summed E-state index contributed by atoms with van der Waals surface area (Å²) in [4.78, 5) is 16.7. The molecular weight excluding hydrogens is 421 g/mol. The summed E-state index contributed by atoms with van der Waals surface area (Å²) in [6, 6.07) is -0.0297. The van der Waals surface area contributed by atoms with Crippen LogP contribution in [0.2, 0.25) is 0 Å². The zero-order valence-corrected chi connectivity index (χ0v) is 16.6. The summed E-state index contributed by atoms with van der Waals surface area (Å²) in [5.74, 6) is -3.43. The molecule has 3 fully saturated rings. The summed E-state index contributed by atoms with van der Waals surface area (Å²) in [6.07, 6.45) is -0.453. The van der Waals surface area contributed by atoms with Gasteiger partial charge in [-0.3, -0.25) is 4.79 Å². The van der Waals surface area contributed by atoms with Gasteiger partial charge in [0.15, 0.2) is 5.65 Å². The molecule has 11 heteroatoms. The molecule has 168 valence electrons. The van der Waals surface area contributed by atoms with Crippen LogP contribution < -0.4 is 10.6 Å². The Balaban J connectivity index is 1.25. The predicted molar refractivity (Wildman–Crippen MR) is 99.4 cm³/mol. The summed E-state index contributed by atoms with van der Waals surface area (Å²) in [5.41, 5.74) is 0.922. The number of imidazole rings is 1. The molecule has 1 aliphatic heterocycles. The summed E-state index contributed by atoms with van der Waals surface area (Å²) < 4.78 is 67.1. The van der Waals surface area contributed by atoms with Crippen molar-refractivity contribution in [3.8, 4) is 0 Å². The summed E-state index contributed by atoms with van der Waals surface area (Å²) in [5, 5.41) is 9.63. The third-order valence-corrected chi connectivity index (χ3v) is 6.88. The van der Waals surface area contributed by atoms with Gasteiger partial charge < -0.3 is 10.6 Å². The lowest BCUT2D eigenvalue weighted by atomic mass is 9.92. The van der Waals surface area contributed by atoms with Crippen LogP contribution >= 0.6 is 0 Å². The number of amides is 1. The molecule has 0 radical (unpaired) electrons. The lowest BCUT2D eigenvalue weighted by Gasteiger charge is -2.28. The smallest absolute Gasteiger partial charge is 0.344 e. The maximum atomic E-state index is 13.3. The van der Waals surface area contributed by atoms with Crippen molar-refractivity contribution in [3.63, 3.8) is 0 Å². The Kier molecular flexibility index (Phi) is 4.55. The predicted octanol–water partition coefficient (Wildman–Crippen LogP) is 3.32. The molecule has 0 bridgehead atoms. The Labute approximate surface area is 174 Å². The van der Waals surface area contributed by atoms with Crippen LogP contribution in [0.15, 0.2) is 18.5 Å². The van der Waals surface area contributed by atoms with E-state index in [1.165, 1.54) is 0 Å². The molecular formula is C20H22F5N5O. The molecule has 3 atom stereocenters. The SMILES string of the molecule is O=C1N[C@H](C(F)(F)F)CC12C[C@H]2c1cnn2cc(CNC3CCC(F)(F)CC3)nc2c1. The van der Waals surface area contributed by atoms with E-state index in [2.05, 4.69) is 20.7 Å². The summed E-state index contributed by atoms with van der Waals surface area (Å²) in [6.45, 7) is 0.415. The van der Waals surface area contributed by atoms with Crippen molar-refractivity contribution >= 4 is 11.6 Å². The fourth-order valence-electron chi connectivity index (χ4n) is 4.94. The van der Waals surface area contributed by atoms with Crippen molar-refractivity contribution < 1.29 is 26.7 Å². The van der Waals surface area contributed by atoms with Gasteiger partial charge in [0.05, 0.1) is 23.5 Å². The third kappa shape index (κ3) is 3.77. The minimum absolute atomic E-state index is 0.0155. The molecule has 1 amide bonds. The lowest BCUT2D eigenvalue weighted by molar-refractivity contribution is -0.155. The average molecular weight is 443 g/mol. The van der Waals surface area contributed by atoms with E-state index >= 15 is 0 Å². The highest BCUT2D eigenvalue weighted by Crippen LogP contribution is 2.65. The van der Waals surface area contributed by atoms with Crippen LogP contribution in [0.25, 0.3) is 5.65 Å². The summed E-state index contributed by atoms with van der Waals surface area (Å²) >= 11 is 0. The first kappa shape index (κ1) is 20.6. The van der Waals surface area contributed by atoms with E-state index < -0.39 is 29.5 Å². The fourth-order valence-corrected chi connectivity index (χ4v) is 4.94. The monoisotopic (exact) mass is 443 g/mol. The van der Waals surface area contributed by atoms with Crippen molar-refractivity contribution in [2.24, 2.45) is 5.41 Å². The van der Waals surface area contributed by atoms with Crippen LogP contribution in [0.4, 0.5) is 22.0 Å². The van der Waals surface area contributed by atoms with Crippen LogP contribution in [0.5, 0.6) is 0 Å². The number of fused-ring (bicyclic) bond motifs is 1. The van der Waals surface area contributed by atoms with Gasteiger partial charge >= 0.3 is 6.18 Å². The van der Waals surface area contributed by atoms with Gasteiger partial charge in [-0.1, -0.05) is 0 Å². The number of nitrogens with one attached hydrogen (secondary N) is 2. The number of rotatable bonds is 4. The molecule has 3 heterocycles. The first-order valence-corrected chi connectivity index (χ1v) is 10.4. The van der Waals surface area contributed by atoms with E-state index in [4.69, 9.17) is 0 Å². The largest absolute Gasteiger partial charge is 0.408 e. The van der Waals surface area contributed by atoms with Gasteiger partial charge in [-0.15, -0.1) is 0 Å². The van der Waals surface area contributed by atoms with Crippen molar-refractivity contribution in [1.82, 2.24) is 25.2 Å². The van der Waals surface area contributed by atoms with Gasteiger partial charge in [0, 0.05) is 31.3 Å². The van der Waals surface area contributed by atoms with E-state index in [0.29, 0.717) is 42.7 Å². The first-order chi connectivity index (χ1) is 14.6.